The van der Waals surface area contributed by atoms with Gasteiger partial charge < -0.3 is 10.4 Å². The van der Waals surface area contributed by atoms with E-state index in [2.05, 4.69) is 33.4 Å². The summed E-state index contributed by atoms with van der Waals surface area (Å²) in [6.07, 6.45) is 0.913. The van der Waals surface area contributed by atoms with E-state index in [1.165, 1.54) is 12.3 Å². The number of aromatic nitrogens is 3. The van der Waals surface area contributed by atoms with E-state index in [0.29, 0.717) is 11.3 Å². The topological polar surface area (TPSA) is 105 Å². The summed E-state index contributed by atoms with van der Waals surface area (Å²) in [6, 6.07) is 3.12. The second-order valence-corrected chi connectivity index (χ2v) is 5.57. The smallest absolute Gasteiger partial charge is 0.451 e. The minimum absolute atomic E-state index is 0.0111. The zero-order valence-corrected chi connectivity index (χ0v) is 14.9. The number of amides is 1. The van der Waals surface area contributed by atoms with Crippen molar-refractivity contribution in [3.63, 3.8) is 0 Å². The Morgan fingerprint density at radius 1 is 1.10 bits per heavy atom. The number of hydrogen-bond acceptors (Lipinski definition) is 5. The molecule has 0 aromatic carbocycles. The Labute approximate surface area is 163 Å². The molecule has 2 heterocycles. The SMILES string of the molecule is C=C/C(C(=O)O)=C(\C=C)C(=O)NCc1ccnc(-c2cnc(C(F)(F)F)nc2)c1. The summed E-state index contributed by atoms with van der Waals surface area (Å²) in [5.74, 6) is -3.25. The molecule has 29 heavy (non-hydrogen) atoms. The van der Waals surface area contributed by atoms with Crippen LogP contribution in [0.25, 0.3) is 11.3 Å². The van der Waals surface area contributed by atoms with Crippen molar-refractivity contribution in [3.8, 4) is 11.3 Å². The highest BCUT2D eigenvalue weighted by Crippen LogP contribution is 2.26. The summed E-state index contributed by atoms with van der Waals surface area (Å²) >= 11 is 0. The molecule has 2 aromatic rings. The van der Waals surface area contributed by atoms with E-state index in [4.69, 9.17) is 5.11 Å². The van der Waals surface area contributed by atoms with E-state index in [-0.39, 0.29) is 23.3 Å². The van der Waals surface area contributed by atoms with Crippen molar-refractivity contribution in [2.45, 2.75) is 12.7 Å². The second kappa shape index (κ2) is 8.91. The first kappa shape index (κ1) is 21.5. The van der Waals surface area contributed by atoms with Gasteiger partial charge >= 0.3 is 12.1 Å². The third-order valence-corrected chi connectivity index (χ3v) is 3.65. The summed E-state index contributed by atoms with van der Waals surface area (Å²) in [5.41, 5.74) is 0.690. The Morgan fingerprint density at radius 2 is 1.72 bits per heavy atom. The van der Waals surface area contributed by atoms with Gasteiger partial charge in [-0.05, 0) is 17.7 Å². The summed E-state index contributed by atoms with van der Waals surface area (Å²) < 4.78 is 37.7. The number of carboxylic acid groups (broad SMARTS) is 1. The molecule has 10 heteroatoms. The van der Waals surface area contributed by atoms with Gasteiger partial charge in [-0.1, -0.05) is 25.3 Å². The largest absolute Gasteiger partial charge is 0.478 e. The van der Waals surface area contributed by atoms with Crippen LogP contribution in [0.2, 0.25) is 0 Å². The Morgan fingerprint density at radius 3 is 2.24 bits per heavy atom. The van der Waals surface area contributed by atoms with Crippen molar-refractivity contribution < 1.29 is 27.9 Å². The lowest BCUT2D eigenvalue weighted by molar-refractivity contribution is -0.145. The Kier molecular flexibility index (Phi) is 6.60. The fourth-order valence-corrected chi connectivity index (χ4v) is 2.26. The molecule has 0 fully saturated rings. The van der Waals surface area contributed by atoms with E-state index in [1.807, 2.05) is 0 Å². The van der Waals surface area contributed by atoms with Crippen molar-refractivity contribution in [1.29, 1.82) is 0 Å². The van der Waals surface area contributed by atoms with Gasteiger partial charge in [-0.15, -0.1) is 0 Å². The van der Waals surface area contributed by atoms with Gasteiger partial charge in [0.05, 0.1) is 16.8 Å². The Balaban J connectivity index is 2.18. The molecular weight excluding hydrogens is 389 g/mol. The van der Waals surface area contributed by atoms with Gasteiger partial charge in [-0.2, -0.15) is 13.2 Å². The van der Waals surface area contributed by atoms with Crippen molar-refractivity contribution in [2.24, 2.45) is 0 Å². The maximum atomic E-state index is 12.6. The Hall–Kier alpha value is -3.82. The highest BCUT2D eigenvalue weighted by molar-refractivity contribution is 6.05. The van der Waals surface area contributed by atoms with E-state index in [1.54, 1.807) is 6.07 Å². The molecule has 0 bridgehead atoms. The first-order chi connectivity index (χ1) is 13.7. The van der Waals surface area contributed by atoms with E-state index in [0.717, 1.165) is 24.5 Å². The number of carbonyl (C=O) groups is 2. The summed E-state index contributed by atoms with van der Waals surface area (Å²) in [7, 11) is 0. The molecule has 2 N–H and O–H groups in total. The number of carbonyl (C=O) groups excluding carboxylic acids is 1. The van der Waals surface area contributed by atoms with Crippen LogP contribution in [0, 0.1) is 0 Å². The van der Waals surface area contributed by atoms with E-state index >= 15 is 0 Å². The summed E-state index contributed by atoms with van der Waals surface area (Å²) in [5, 5.41) is 11.6. The van der Waals surface area contributed by atoms with Crippen LogP contribution in [0.15, 0.2) is 67.2 Å². The Bertz CT molecular complexity index is 983. The quantitative estimate of drug-likeness (QED) is 0.543. The van der Waals surface area contributed by atoms with Crippen molar-refractivity contribution in [3.05, 3.63) is 78.6 Å². The van der Waals surface area contributed by atoms with E-state index < -0.39 is 23.9 Å². The van der Waals surface area contributed by atoms with Gasteiger partial charge in [0.25, 0.3) is 5.91 Å². The molecule has 7 nitrogen and oxygen atoms in total. The normalized spacial score (nSPS) is 12.0. The molecule has 0 saturated heterocycles. The van der Waals surface area contributed by atoms with Gasteiger partial charge in [-0.3, -0.25) is 9.78 Å². The fourth-order valence-electron chi connectivity index (χ4n) is 2.26. The van der Waals surface area contributed by atoms with Crippen molar-refractivity contribution >= 4 is 11.9 Å². The van der Waals surface area contributed by atoms with Gasteiger partial charge in [-0.25, -0.2) is 14.8 Å². The second-order valence-electron chi connectivity index (χ2n) is 5.57. The van der Waals surface area contributed by atoms with Crippen LogP contribution in [0.1, 0.15) is 11.4 Å². The lowest BCUT2D eigenvalue weighted by Crippen LogP contribution is -2.25. The van der Waals surface area contributed by atoms with Gasteiger partial charge in [0.2, 0.25) is 5.82 Å². The third kappa shape index (κ3) is 5.34. The molecule has 0 aliphatic heterocycles. The first-order valence-corrected chi connectivity index (χ1v) is 8.02. The van der Waals surface area contributed by atoms with Crippen molar-refractivity contribution in [2.75, 3.05) is 0 Å². The number of alkyl halides is 3. The van der Waals surface area contributed by atoms with Crippen LogP contribution >= 0.6 is 0 Å². The van der Waals surface area contributed by atoms with Crippen LogP contribution in [-0.4, -0.2) is 31.9 Å². The molecule has 0 spiro atoms. The molecule has 1 amide bonds. The lowest BCUT2D eigenvalue weighted by atomic mass is 10.1. The molecule has 0 atom stereocenters. The number of halogens is 3. The van der Waals surface area contributed by atoms with Gasteiger partial charge in [0, 0.05) is 30.7 Å². The predicted molar refractivity (Wildman–Crippen MR) is 97.2 cm³/mol. The molecule has 2 aromatic heterocycles. The molecular formula is C19H15F3N4O3. The maximum Gasteiger partial charge on any atom is 0.451 e. The van der Waals surface area contributed by atoms with Crippen LogP contribution in [0.5, 0.6) is 0 Å². The molecule has 0 saturated carbocycles. The van der Waals surface area contributed by atoms with Crippen molar-refractivity contribution in [1.82, 2.24) is 20.3 Å². The van der Waals surface area contributed by atoms with Crippen LogP contribution < -0.4 is 5.32 Å². The minimum atomic E-state index is -4.64. The highest BCUT2D eigenvalue weighted by Gasteiger charge is 2.34. The number of carboxylic acids is 1. The molecule has 150 valence electrons. The number of hydrogen-bond donors (Lipinski definition) is 2. The fraction of sp³-hybridized carbons (Fsp3) is 0.105. The number of rotatable bonds is 7. The highest BCUT2D eigenvalue weighted by atomic mass is 19.4. The molecule has 0 unspecified atom stereocenters. The number of pyridine rings is 1. The standard InChI is InChI=1S/C19H15F3N4O3/c1-3-13(14(4-2)17(28)29)16(27)24-8-11-5-6-23-15(7-11)12-9-25-18(26-10-12)19(20,21)22/h3-7,9-10H,1-2,8H2,(H,24,27)(H,28,29)/b14-13-. The zero-order chi connectivity index (χ0) is 21.6. The zero-order valence-electron chi connectivity index (χ0n) is 14.9. The maximum absolute atomic E-state index is 12.6. The lowest BCUT2D eigenvalue weighted by Gasteiger charge is -2.09. The summed E-state index contributed by atoms with van der Waals surface area (Å²) in [6.45, 7) is 6.81. The monoisotopic (exact) mass is 404 g/mol. The average molecular weight is 404 g/mol. The van der Waals surface area contributed by atoms with Crippen LogP contribution in [-0.2, 0) is 22.3 Å². The van der Waals surface area contributed by atoms with Gasteiger partial charge in [0.15, 0.2) is 0 Å². The third-order valence-electron chi connectivity index (χ3n) is 3.65. The average Bonchev–Trinajstić information content (AvgIpc) is 2.69. The summed E-state index contributed by atoms with van der Waals surface area (Å²) in [4.78, 5) is 34.0. The number of nitrogens with zero attached hydrogens (tertiary/aromatic N) is 3. The molecule has 0 aliphatic rings. The number of nitrogens with one attached hydrogen (secondary N) is 1. The first-order valence-electron chi connectivity index (χ1n) is 8.02. The van der Waals surface area contributed by atoms with Crippen LogP contribution in [0.4, 0.5) is 13.2 Å². The molecule has 0 aliphatic carbocycles. The van der Waals surface area contributed by atoms with E-state index in [9.17, 15) is 22.8 Å². The predicted octanol–water partition coefficient (Wildman–Crippen LogP) is 2.93. The molecule has 2 rings (SSSR count). The van der Waals surface area contributed by atoms with Crippen LogP contribution in [0.3, 0.4) is 0 Å². The number of aliphatic carboxylic acids is 1. The minimum Gasteiger partial charge on any atom is -0.478 e. The van der Waals surface area contributed by atoms with Gasteiger partial charge in [0.1, 0.15) is 0 Å². The molecule has 0 radical (unpaired) electrons.